The lowest BCUT2D eigenvalue weighted by Gasteiger charge is -2.32. The minimum absolute atomic E-state index is 0.0320. The summed E-state index contributed by atoms with van der Waals surface area (Å²) in [7, 11) is -4.63. The highest BCUT2D eigenvalue weighted by molar-refractivity contribution is 7.52. The van der Waals surface area contributed by atoms with E-state index in [0.29, 0.717) is 12.8 Å². The van der Waals surface area contributed by atoms with E-state index in [1.807, 2.05) is 44.2 Å². The Morgan fingerprint density at radius 1 is 0.797 bits per heavy atom. The summed E-state index contributed by atoms with van der Waals surface area (Å²) < 4.78 is 63.6. The van der Waals surface area contributed by atoms with Gasteiger partial charge in [0, 0.05) is 6.42 Å². The molecule has 1 aliphatic heterocycles. The smallest absolute Gasteiger partial charge is 0.459 e. The molecule has 3 heterocycles. The molecule has 74 heavy (non-hydrogen) atoms. The van der Waals surface area contributed by atoms with Crippen molar-refractivity contribution in [1.29, 1.82) is 0 Å². The molecule has 5 atom stereocenters. The minimum Gasteiger partial charge on any atom is -0.461 e. The van der Waals surface area contributed by atoms with E-state index in [0.717, 1.165) is 69.8 Å². The van der Waals surface area contributed by atoms with Crippen LogP contribution in [0, 0.1) is 24.3 Å². The number of benzene rings is 2. The van der Waals surface area contributed by atoms with Gasteiger partial charge >= 0.3 is 25.8 Å². The molecule has 0 amide bonds. The summed E-state index contributed by atoms with van der Waals surface area (Å²) >= 11 is 0. The Morgan fingerprint density at radius 2 is 1.35 bits per heavy atom. The number of ether oxygens (including phenoxy) is 3. The van der Waals surface area contributed by atoms with E-state index in [4.69, 9.17) is 35.4 Å². The fourth-order valence-corrected chi connectivity index (χ4v) is 11.3. The van der Waals surface area contributed by atoms with E-state index >= 15 is 4.57 Å². The van der Waals surface area contributed by atoms with Crippen LogP contribution >= 0.6 is 7.75 Å². The van der Waals surface area contributed by atoms with E-state index in [1.54, 1.807) is 30.3 Å². The number of hydrogen-bond acceptors (Lipinski definition) is 12. The van der Waals surface area contributed by atoms with Crippen molar-refractivity contribution in [1.82, 2.24) is 24.6 Å². The van der Waals surface area contributed by atoms with Gasteiger partial charge in [0.25, 0.3) is 0 Å². The molecule has 4 unspecified atom stereocenters. The van der Waals surface area contributed by atoms with Gasteiger partial charge in [0.05, 0.1) is 12.2 Å². The third-order valence-electron chi connectivity index (χ3n) is 14.0. The monoisotopic (exact) mass is 1040 g/mol. The summed E-state index contributed by atoms with van der Waals surface area (Å²) in [5.74, 6) is 1.23. The van der Waals surface area contributed by atoms with Gasteiger partial charge in [-0.15, -0.1) is 6.42 Å². The van der Waals surface area contributed by atoms with Gasteiger partial charge in [-0.05, 0) is 62.6 Å². The van der Waals surface area contributed by atoms with E-state index in [-0.39, 0.29) is 41.7 Å². The van der Waals surface area contributed by atoms with Crippen LogP contribution in [-0.4, -0.2) is 61.9 Å². The molecule has 0 saturated carbocycles. The second kappa shape index (κ2) is 32.5. The second-order valence-corrected chi connectivity index (χ2v) is 21.8. The lowest BCUT2D eigenvalue weighted by atomic mass is 9.96. The maximum absolute atomic E-state index is 15.6. The number of para-hydroxylation sites is 1. The highest BCUT2D eigenvalue weighted by atomic mass is 31.2. The number of nitrogen functional groups attached to an aromatic ring is 1. The van der Waals surface area contributed by atoms with Crippen molar-refractivity contribution in [3.05, 3.63) is 78.6 Å². The normalized spacial score (nSPS) is 17.9. The first-order chi connectivity index (χ1) is 36.0. The lowest BCUT2D eigenvalue weighted by molar-refractivity contribution is -0.163. The number of imidazole rings is 1. The fraction of sp³-hybridized carbons (Fsp3) is 0.638. The van der Waals surface area contributed by atoms with Gasteiger partial charge in [-0.3, -0.25) is 18.7 Å². The Balaban J connectivity index is 1.42. The number of nitrogens with one attached hydrogen (secondary N) is 1. The molecule has 5 rings (SSSR count). The van der Waals surface area contributed by atoms with Gasteiger partial charge in [-0.25, -0.2) is 9.55 Å². The van der Waals surface area contributed by atoms with Crippen molar-refractivity contribution in [3.63, 3.8) is 0 Å². The van der Waals surface area contributed by atoms with Gasteiger partial charge < -0.3 is 24.5 Å². The Bertz CT molecular complexity index is 2310. The van der Waals surface area contributed by atoms with E-state index < -0.39 is 62.3 Å². The van der Waals surface area contributed by atoms with Gasteiger partial charge in [-0.1, -0.05) is 198 Å². The number of terminal acetylenes is 1. The summed E-state index contributed by atoms with van der Waals surface area (Å²) in [6, 6.07) is 16.7. The number of aromatic nitrogens is 4. The first-order valence-electron chi connectivity index (χ1n) is 28.0. The molecule has 16 heteroatoms. The van der Waals surface area contributed by atoms with Crippen molar-refractivity contribution in [2.24, 2.45) is 5.92 Å². The standard InChI is InChI=1S/C58H86FN6O8P/c1-6-11-13-15-17-19-21-23-29-37-47(38-30-24-22-20-18-16-14-12-7-2)70-56(67)49(41-45-35-27-25-28-36-45)64-74(68,73-48-39-31-26-32-40-48)69-43-58(10-5)50(71-55(66)46(33-8-3)34-9-4)42-51(72-58)65-44-61-52-53(60)62-57(59)63-54(52)65/h5,25-28,31-32,35-36,39-40,44,46-47,49-51H,6-9,11-24,29-30,33-34,37-38,41-43H2,1-4H3,(H,64,68)(H2,60,62,63)/t49?,50?,51?,58?,74-/m0/s1. The Hall–Kier alpha value is -4.87. The zero-order valence-corrected chi connectivity index (χ0v) is 45.8. The summed E-state index contributed by atoms with van der Waals surface area (Å²) in [5, 5.41) is 3.01. The van der Waals surface area contributed by atoms with E-state index in [2.05, 4.69) is 39.8 Å². The Kier molecular flexibility index (Phi) is 26.4. The van der Waals surface area contributed by atoms with Crippen LogP contribution in [0.25, 0.3) is 11.2 Å². The number of hydrogen-bond donors (Lipinski definition) is 2. The number of nitrogens with zero attached hydrogens (tertiary/aromatic N) is 4. The predicted octanol–water partition coefficient (Wildman–Crippen LogP) is 14.1. The van der Waals surface area contributed by atoms with Gasteiger partial charge in [0.2, 0.25) is 0 Å². The molecule has 408 valence electrons. The van der Waals surface area contributed by atoms with Crippen LogP contribution in [0.2, 0.25) is 0 Å². The summed E-state index contributed by atoms with van der Waals surface area (Å²) in [6.07, 6.45) is 29.6. The number of esters is 2. The molecular formula is C58H86FN6O8P. The average Bonchev–Trinajstić information content (AvgIpc) is 3.99. The van der Waals surface area contributed by atoms with Crippen LogP contribution in [0.1, 0.15) is 200 Å². The van der Waals surface area contributed by atoms with Crippen molar-refractivity contribution in [2.75, 3.05) is 12.3 Å². The highest BCUT2D eigenvalue weighted by Gasteiger charge is 2.54. The zero-order valence-electron chi connectivity index (χ0n) is 44.9. The number of anilines is 1. The molecule has 1 saturated heterocycles. The van der Waals surface area contributed by atoms with Crippen molar-refractivity contribution < 1.29 is 41.8 Å². The molecule has 3 N–H and O–H groups in total. The first-order valence-corrected chi connectivity index (χ1v) is 29.5. The SMILES string of the molecule is C#CC1(CO[P@@](=O)(NC(Cc2ccccc2)C(=O)OC(CCCCCCCCCCC)CCCCCCCCCCC)Oc2ccccc2)OC(n2cnc3c(N)nc(F)nc32)CC1OC(=O)C(CCC)CCC. The number of halogens is 1. The summed E-state index contributed by atoms with van der Waals surface area (Å²) in [6.45, 7) is 7.83. The average molecular weight is 1050 g/mol. The van der Waals surface area contributed by atoms with Gasteiger partial charge in [0.1, 0.15) is 36.8 Å². The van der Waals surface area contributed by atoms with Crippen LogP contribution in [0.3, 0.4) is 0 Å². The molecule has 14 nitrogen and oxygen atoms in total. The topological polar surface area (TPSA) is 179 Å². The van der Waals surface area contributed by atoms with Crippen molar-refractivity contribution in [3.8, 4) is 18.1 Å². The summed E-state index contributed by atoms with van der Waals surface area (Å²) in [5.41, 5.74) is 5.09. The Labute approximate surface area is 441 Å². The van der Waals surface area contributed by atoms with Gasteiger partial charge in [0.15, 0.2) is 22.6 Å². The molecule has 0 bridgehead atoms. The molecule has 4 aromatic rings. The summed E-state index contributed by atoms with van der Waals surface area (Å²) in [4.78, 5) is 40.6. The molecule has 2 aromatic carbocycles. The van der Waals surface area contributed by atoms with Crippen LogP contribution in [0.5, 0.6) is 5.75 Å². The number of fused-ring (bicyclic) bond motifs is 1. The number of nitrogens with two attached hydrogens (primary N) is 1. The predicted molar refractivity (Wildman–Crippen MR) is 290 cm³/mol. The molecule has 0 spiro atoms. The van der Waals surface area contributed by atoms with Crippen LogP contribution < -0.4 is 15.3 Å². The van der Waals surface area contributed by atoms with Crippen LogP contribution in [0.15, 0.2) is 67.0 Å². The largest absolute Gasteiger partial charge is 0.461 e. The molecule has 0 aliphatic carbocycles. The van der Waals surface area contributed by atoms with Crippen molar-refractivity contribution >= 4 is 36.7 Å². The highest BCUT2D eigenvalue weighted by Crippen LogP contribution is 2.49. The second-order valence-electron chi connectivity index (χ2n) is 20.1. The fourth-order valence-electron chi connectivity index (χ4n) is 9.77. The number of carbonyl (C=O) groups excluding carboxylic acids is 2. The van der Waals surface area contributed by atoms with Crippen LogP contribution in [-0.2, 0) is 39.3 Å². The third kappa shape index (κ3) is 19.4. The lowest BCUT2D eigenvalue weighted by Crippen LogP contribution is -2.47. The molecule has 0 radical (unpaired) electrons. The first kappa shape index (κ1) is 60.0. The van der Waals surface area contributed by atoms with E-state index in [1.165, 1.54) is 87.9 Å². The molecule has 2 aromatic heterocycles. The maximum Gasteiger partial charge on any atom is 0.459 e. The number of carbonyl (C=O) groups is 2. The zero-order chi connectivity index (χ0) is 53.0. The number of unbranched alkanes of at least 4 members (excludes halogenated alkanes) is 16. The van der Waals surface area contributed by atoms with Gasteiger partial charge in [-0.2, -0.15) is 19.4 Å². The maximum atomic E-state index is 15.6. The van der Waals surface area contributed by atoms with Crippen LogP contribution in [0.4, 0.5) is 10.2 Å². The molecule has 1 fully saturated rings. The number of rotatable bonds is 38. The minimum atomic E-state index is -4.63. The van der Waals surface area contributed by atoms with E-state index in [9.17, 15) is 14.0 Å². The molecule has 1 aliphatic rings. The molecular weight excluding hydrogens is 959 g/mol. The third-order valence-corrected chi connectivity index (χ3v) is 15.5. The van der Waals surface area contributed by atoms with Crippen molar-refractivity contribution in [2.45, 2.75) is 225 Å². The Morgan fingerprint density at radius 3 is 1.91 bits per heavy atom. The quantitative estimate of drug-likeness (QED) is 0.0143.